The summed E-state index contributed by atoms with van der Waals surface area (Å²) in [5.41, 5.74) is 0.543. The smallest absolute Gasteiger partial charge is 0.191 e. The number of halogens is 1. The molecule has 1 aliphatic heterocycles. The Balaban J connectivity index is 0.00000242. The predicted molar refractivity (Wildman–Crippen MR) is 106 cm³/mol. The Labute approximate surface area is 153 Å². The second kappa shape index (κ2) is 9.96. The highest BCUT2D eigenvalue weighted by molar-refractivity contribution is 14.0. The van der Waals surface area contributed by atoms with Crippen LogP contribution in [0.2, 0.25) is 0 Å². The molecule has 1 heterocycles. The van der Waals surface area contributed by atoms with Gasteiger partial charge in [-0.05, 0) is 56.5 Å². The van der Waals surface area contributed by atoms with E-state index in [-0.39, 0.29) is 24.0 Å². The molecule has 130 valence electrons. The van der Waals surface area contributed by atoms with Crippen LogP contribution in [0.1, 0.15) is 52.4 Å². The van der Waals surface area contributed by atoms with Gasteiger partial charge in [-0.2, -0.15) is 0 Å². The van der Waals surface area contributed by atoms with Gasteiger partial charge < -0.3 is 15.5 Å². The van der Waals surface area contributed by atoms with E-state index in [9.17, 15) is 0 Å². The molecular weight excluding hydrogens is 387 g/mol. The molecule has 1 atom stereocenters. The molecule has 0 spiro atoms. The van der Waals surface area contributed by atoms with Crippen molar-refractivity contribution >= 4 is 29.9 Å². The Morgan fingerprint density at radius 3 is 2.55 bits per heavy atom. The molecule has 0 aromatic rings. The van der Waals surface area contributed by atoms with Gasteiger partial charge in [0.25, 0.3) is 0 Å². The zero-order valence-corrected chi connectivity index (χ0v) is 17.0. The second-order valence-electron chi connectivity index (χ2n) is 6.92. The lowest BCUT2D eigenvalue weighted by molar-refractivity contribution is 0.131. The Hall–Kier alpha value is -0.0400. The number of hydrogen-bond donors (Lipinski definition) is 2. The third kappa shape index (κ3) is 5.55. The van der Waals surface area contributed by atoms with E-state index in [0.717, 1.165) is 25.0 Å². The van der Waals surface area contributed by atoms with E-state index >= 15 is 0 Å². The Kier molecular flexibility index (Phi) is 9.05. The third-order valence-electron chi connectivity index (χ3n) is 5.63. The number of piperidine rings is 1. The maximum absolute atomic E-state index is 4.39. The first-order valence-electron chi connectivity index (χ1n) is 8.88. The summed E-state index contributed by atoms with van der Waals surface area (Å²) in [6.45, 7) is 10.4. The van der Waals surface area contributed by atoms with Crippen LogP contribution in [0.3, 0.4) is 0 Å². The number of aliphatic imine (C=N–C) groups is 1. The van der Waals surface area contributed by atoms with Gasteiger partial charge in [0.15, 0.2) is 5.96 Å². The van der Waals surface area contributed by atoms with Gasteiger partial charge in [-0.1, -0.05) is 20.3 Å². The molecule has 2 rings (SSSR count). The van der Waals surface area contributed by atoms with Gasteiger partial charge in [0, 0.05) is 26.7 Å². The monoisotopic (exact) mass is 422 g/mol. The first-order valence-corrected chi connectivity index (χ1v) is 8.88. The van der Waals surface area contributed by atoms with Gasteiger partial charge in [0.05, 0.1) is 0 Å². The molecule has 0 radical (unpaired) electrons. The molecule has 0 aromatic carbocycles. The van der Waals surface area contributed by atoms with Crippen LogP contribution in [0, 0.1) is 11.3 Å². The quantitative estimate of drug-likeness (QED) is 0.393. The fraction of sp³-hybridized carbons (Fsp3) is 0.941. The summed E-state index contributed by atoms with van der Waals surface area (Å²) >= 11 is 0. The first-order chi connectivity index (χ1) is 10.2. The van der Waals surface area contributed by atoms with Crippen LogP contribution in [-0.4, -0.2) is 50.6 Å². The summed E-state index contributed by atoms with van der Waals surface area (Å²) in [7, 11) is 1.88. The van der Waals surface area contributed by atoms with Gasteiger partial charge in [-0.3, -0.25) is 4.99 Å². The van der Waals surface area contributed by atoms with Crippen molar-refractivity contribution < 1.29 is 0 Å². The Morgan fingerprint density at radius 1 is 1.23 bits per heavy atom. The molecule has 2 fully saturated rings. The van der Waals surface area contributed by atoms with Gasteiger partial charge in [0.2, 0.25) is 0 Å². The minimum Gasteiger partial charge on any atom is -0.356 e. The van der Waals surface area contributed by atoms with Gasteiger partial charge in [-0.25, -0.2) is 0 Å². The van der Waals surface area contributed by atoms with E-state index in [1.54, 1.807) is 0 Å². The summed E-state index contributed by atoms with van der Waals surface area (Å²) in [4.78, 5) is 6.95. The van der Waals surface area contributed by atoms with E-state index in [1.807, 2.05) is 7.05 Å². The SMILES string of the molecule is CCN1CCCC(CNC(=NC)NCC2(CC)CCC2)C1.I. The number of rotatable bonds is 6. The van der Waals surface area contributed by atoms with E-state index in [1.165, 1.54) is 58.2 Å². The molecule has 0 bridgehead atoms. The van der Waals surface area contributed by atoms with Crippen molar-refractivity contribution in [1.29, 1.82) is 0 Å². The van der Waals surface area contributed by atoms with E-state index in [2.05, 4.69) is 34.4 Å². The molecule has 22 heavy (non-hydrogen) atoms. The van der Waals surface area contributed by atoms with Gasteiger partial charge in [0.1, 0.15) is 0 Å². The molecule has 2 N–H and O–H groups in total. The fourth-order valence-electron chi connectivity index (χ4n) is 3.67. The summed E-state index contributed by atoms with van der Waals surface area (Å²) in [6.07, 6.45) is 8.12. The average Bonchev–Trinajstić information content (AvgIpc) is 2.49. The molecule has 2 aliphatic rings. The first kappa shape index (κ1) is 20.0. The molecule has 0 aromatic heterocycles. The maximum Gasteiger partial charge on any atom is 0.191 e. The van der Waals surface area contributed by atoms with E-state index in [0.29, 0.717) is 5.41 Å². The standard InChI is InChI=1S/C17H34N4.HI/c1-4-17(9-7-10-17)14-20-16(18-3)19-12-15-8-6-11-21(5-2)13-15;/h15H,4-14H2,1-3H3,(H2,18,19,20);1H. The molecule has 1 aliphatic carbocycles. The number of guanidine groups is 1. The predicted octanol–water partition coefficient (Wildman–Crippen LogP) is 3.08. The lowest BCUT2D eigenvalue weighted by Crippen LogP contribution is -2.48. The Morgan fingerprint density at radius 2 is 2.00 bits per heavy atom. The molecule has 1 unspecified atom stereocenters. The van der Waals surface area contributed by atoms with Crippen LogP contribution in [0.25, 0.3) is 0 Å². The van der Waals surface area contributed by atoms with Crippen molar-refractivity contribution in [1.82, 2.24) is 15.5 Å². The highest BCUT2D eigenvalue weighted by Gasteiger charge is 2.34. The molecule has 1 saturated carbocycles. The summed E-state index contributed by atoms with van der Waals surface area (Å²) < 4.78 is 0. The van der Waals surface area contributed by atoms with Gasteiger partial charge >= 0.3 is 0 Å². The van der Waals surface area contributed by atoms with Crippen LogP contribution in [0.5, 0.6) is 0 Å². The minimum absolute atomic E-state index is 0. The highest BCUT2D eigenvalue weighted by atomic mass is 127. The van der Waals surface area contributed by atoms with E-state index < -0.39 is 0 Å². The number of nitrogens with one attached hydrogen (secondary N) is 2. The summed E-state index contributed by atoms with van der Waals surface area (Å²) in [6, 6.07) is 0. The second-order valence-corrected chi connectivity index (χ2v) is 6.92. The van der Waals surface area contributed by atoms with Crippen molar-refractivity contribution in [3.63, 3.8) is 0 Å². The van der Waals surface area contributed by atoms with Crippen molar-refractivity contribution in [2.75, 3.05) is 39.8 Å². The van der Waals surface area contributed by atoms with Gasteiger partial charge in [-0.15, -0.1) is 24.0 Å². The topological polar surface area (TPSA) is 39.7 Å². The van der Waals surface area contributed by atoms with Crippen LogP contribution >= 0.6 is 24.0 Å². The molecule has 0 amide bonds. The van der Waals surface area contributed by atoms with Crippen molar-refractivity contribution in [2.45, 2.75) is 52.4 Å². The molecule has 5 heteroatoms. The van der Waals surface area contributed by atoms with Crippen molar-refractivity contribution in [3.8, 4) is 0 Å². The number of likely N-dealkylation sites (tertiary alicyclic amines) is 1. The van der Waals surface area contributed by atoms with Crippen molar-refractivity contribution in [3.05, 3.63) is 0 Å². The fourth-order valence-corrected chi connectivity index (χ4v) is 3.67. The minimum atomic E-state index is 0. The largest absolute Gasteiger partial charge is 0.356 e. The van der Waals surface area contributed by atoms with Crippen LogP contribution < -0.4 is 10.6 Å². The number of hydrogen-bond acceptors (Lipinski definition) is 2. The van der Waals surface area contributed by atoms with Crippen LogP contribution in [-0.2, 0) is 0 Å². The third-order valence-corrected chi connectivity index (χ3v) is 5.63. The molecule has 4 nitrogen and oxygen atoms in total. The van der Waals surface area contributed by atoms with Crippen LogP contribution in [0.4, 0.5) is 0 Å². The van der Waals surface area contributed by atoms with Crippen LogP contribution in [0.15, 0.2) is 4.99 Å². The number of nitrogens with zero attached hydrogens (tertiary/aromatic N) is 2. The maximum atomic E-state index is 4.39. The van der Waals surface area contributed by atoms with E-state index in [4.69, 9.17) is 0 Å². The zero-order chi connectivity index (χ0) is 15.1. The Bertz CT molecular complexity index is 336. The highest BCUT2D eigenvalue weighted by Crippen LogP contribution is 2.42. The lowest BCUT2D eigenvalue weighted by Gasteiger charge is -2.41. The van der Waals surface area contributed by atoms with Crippen molar-refractivity contribution in [2.24, 2.45) is 16.3 Å². The summed E-state index contributed by atoms with van der Waals surface area (Å²) in [5, 5.41) is 7.09. The summed E-state index contributed by atoms with van der Waals surface area (Å²) in [5.74, 6) is 1.75. The normalized spacial score (nSPS) is 25.0. The molecular formula is C17H35IN4. The molecule has 1 saturated heterocycles. The zero-order valence-electron chi connectivity index (χ0n) is 14.7. The average molecular weight is 422 g/mol. The lowest BCUT2D eigenvalue weighted by atomic mass is 9.67.